The third-order valence-corrected chi connectivity index (χ3v) is 5.06. The van der Waals surface area contributed by atoms with Gasteiger partial charge in [-0.05, 0) is 31.2 Å². The first-order valence-electron chi connectivity index (χ1n) is 6.19. The van der Waals surface area contributed by atoms with Crippen molar-refractivity contribution in [3.05, 3.63) is 34.4 Å². The van der Waals surface area contributed by atoms with E-state index in [9.17, 15) is 10.1 Å². The minimum atomic E-state index is -0.371. The Labute approximate surface area is 111 Å². The lowest BCUT2D eigenvalue weighted by Crippen LogP contribution is -2.29. The number of rotatable bonds is 5. The van der Waals surface area contributed by atoms with Gasteiger partial charge in [-0.25, -0.2) is 0 Å². The molecule has 0 bridgehead atoms. The van der Waals surface area contributed by atoms with Gasteiger partial charge in [-0.15, -0.1) is 0 Å². The smallest absolute Gasteiger partial charge is 0.269 e. The molecule has 98 valence electrons. The fraction of sp³-hybridized carbons (Fsp3) is 0.538. The number of thioether (sulfide) groups is 1. The second-order valence-electron chi connectivity index (χ2n) is 4.75. The summed E-state index contributed by atoms with van der Waals surface area (Å²) in [6.45, 7) is 0.936. The average Bonchev–Trinajstić information content (AvgIpc) is 2.86. The Kier molecular flexibility index (Phi) is 4.11. The van der Waals surface area contributed by atoms with Crippen molar-refractivity contribution < 1.29 is 4.92 Å². The SMILES string of the molecule is CSC1(CNc2ccc([N+](=O)[O-])cc2)CCCC1. The third kappa shape index (κ3) is 2.96. The first kappa shape index (κ1) is 13.2. The molecule has 1 N–H and O–H groups in total. The summed E-state index contributed by atoms with van der Waals surface area (Å²) < 4.78 is 0.349. The molecule has 1 saturated carbocycles. The summed E-state index contributed by atoms with van der Waals surface area (Å²) in [5.74, 6) is 0. The molecule has 1 aromatic carbocycles. The Morgan fingerprint density at radius 2 is 1.94 bits per heavy atom. The van der Waals surface area contributed by atoms with Crippen molar-refractivity contribution in [3.8, 4) is 0 Å². The van der Waals surface area contributed by atoms with Crippen molar-refractivity contribution in [2.75, 3.05) is 18.1 Å². The molecule has 18 heavy (non-hydrogen) atoms. The van der Waals surface area contributed by atoms with Crippen LogP contribution in [-0.2, 0) is 0 Å². The highest BCUT2D eigenvalue weighted by atomic mass is 32.2. The molecule has 1 fully saturated rings. The van der Waals surface area contributed by atoms with Crippen LogP contribution in [0.1, 0.15) is 25.7 Å². The molecule has 0 saturated heterocycles. The number of non-ortho nitro benzene ring substituents is 1. The molecule has 0 heterocycles. The van der Waals surface area contributed by atoms with Crippen LogP contribution in [0.3, 0.4) is 0 Å². The number of anilines is 1. The number of nitrogens with zero attached hydrogens (tertiary/aromatic N) is 1. The maximum Gasteiger partial charge on any atom is 0.269 e. The lowest BCUT2D eigenvalue weighted by Gasteiger charge is -2.27. The van der Waals surface area contributed by atoms with Gasteiger partial charge in [0.15, 0.2) is 0 Å². The van der Waals surface area contributed by atoms with E-state index in [0.717, 1.165) is 12.2 Å². The fourth-order valence-corrected chi connectivity index (χ4v) is 3.35. The molecule has 0 aromatic heterocycles. The Bertz CT molecular complexity index is 414. The largest absolute Gasteiger partial charge is 0.384 e. The average molecular weight is 266 g/mol. The zero-order chi connectivity index (χ0) is 13.0. The topological polar surface area (TPSA) is 55.2 Å². The predicted octanol–water partition coefficient (Wildman–Crippen LogP) is 3.68. The van der Waals surface area contributed by atoms with Crippen LogP contribution in [0.5, 0.6) is 0 Å². The van der Waals surface area contributed by atoms with Crippen LogP contribution >= 0.6 is 11.8 Å². The molecule has 1 aromatic rings. The van der Waals surface area contributed by atoms with Gasteiger partial charge >= 0.3 is 0 Å². The molecule has 5 heteroatoms. The molecule has 0 radical (unpaired) electrons. The number of nitro groups is 1. The molecule has 2 rings (SSSR count). The normalized spacial score (nSPS) is 17.6. The Balaban J connectivity index is 1.95. The molecule has 4 nitrogen and oxygen atoms in total. The van der Waals surface area contributed by atoms with E-state index in [2.05, 4.69) is 11.6 Å². The highest BCUT2D eigenvalue weighted by molar-refractivity contribution is 8.00. The lowest BCUT2D eigenvalue weighted by molar-refractivity contribution is -0.384. The fourth-order valence-electron chi connectivity index (χ4n) is 2.44. The summed E-state index contributed by atoms with van der Waals surface area (Å²) in [5.41, 5.74) is 1.10. The number of hydrogen-bond acceptors (Lipinski definition) is 4. The van der Waals surface area contributed by atoms with Crippen LogP contribution in [0.25, 0.3) is 0 Å². The Morgan fingerprint density at radius 1 is 1.33 bits per heavy atom. The van der Waals surface area contributed by atoms with Crippen LogP contribution in [-0.4, -0.2) is 22.5 Å². The monoisotopic (exact) mass is 266 g/mol. The highest BCUT2D eigenvalue weighted by Gasteiger charge is 2.32. The quantitative estimate of drug-likeness (QED) is 0.652. The van der Waals surface area contributed by atoms with Gasteiger partial charge in [0.25, 0.3) is 5.69 Å². The van der Waals surface area contributed by atoms with Gasteiger partial charge in [-0.1, -0.05) is 12.8 Å². The number of nitro benzene ring substituents is 1. The van der Waals surface area contributed by atoms with E-state index >= 15 is 0 Å². The molecular formula is C13H18N2O2S. The molecule has 0 amide bonds. The van der Waals surface area contributed by atoms with Crippen molar-refractivity contribution in [1.29, 1.82) is 0 Å². The molecule has 0 aliphatic heterocycles. The molecule has 0 spiro atoms. The van der Waals surface area contributed by atoms with E-state index in [-0.39, 0.29) is 10.6 Å². The van der Waals surface area contributed by atoms with Crippen molar-refractivity contribution >= 4 is 23.1 Å². The standard InChI is InChI=1S/C13H18N2O2S/c1-18-13(8-2-3-9-13)10-14-11-4-6-12(7-5-11)15(16)17/h4-7,14H,2-3,8-10H2,1H3. The van der Waals surface area contributed by atoms with Gasteiger partial charge in [-0.3, -0.25) is 10.1 Å². The maximum atomic E-state index is 10.6. The Morgan fingerprint density at radius 3 is 2.44 bits per heavy atom. The molecule has 0 atom stereocenters. The van der Waals surface area contributed by atoms with Crippen molar-refractivity contribution in [3.63, 3.8) is 0 Å². The summed E-state index contributed by atoms with van der Waals surface area (Å²) in [7, 11) is 0. The second kappa shape index (κ2) is 5.61. The van der Waals surface area contributed by atoms with E-state index in [1.165, 1.54) is 25.7 Å². The van der Waals surface area contributed by atoms with Gasteiger partial charge in [-0.2, -0.15) is 11.8 Å². The van der Waals surface area contributed by atoms with Gasteiger partial charge in [0, 0.05) is 29.1 Å². The van der Waals surface area contributed by atoms with E-state index in [1.54, 1.807) is 24.3 Å². The predicted molar refractivity (Wildman–Crippen MR) is 76.3 cm³/mol. The van der Waals surface area contributed by atoms with Crippen molar-refractivity contribution in [2.24, 2.45) is 0 Å². The molecule has 1 aliphatic rings. The van der Waals surface area contributed by atoms with Crippen LogP contribution in [0, 0.1) is 10.1 Å². The minimum Gasteiger partial charge on any atom is -0.384 e. The van der Waals surface area contributed by atoms with Gasteiger partial charge in [0.05, 0.1) is 4.92 Å². The third-order valence-electron chi connectivity index (χ3n) is 3.64. The summed E-state index contributed by atoms with van der Waals surface area (Å²) in [4.78, 5) is 10.2. The van der Waals surface area contributed by atoms with Crippen LogP contribution in [0.15, 0.2) is 24.3 Å². The molecule has 1 aliphatic carbocycles. The number of nitrogens with one attached hydrogen (secondary N) is 1. The zero-order valence-electron chi connectivity index (χ0n) is 10.5. The van der Waals surface area contributed by atoms with Gasteiger partial charge in [0.2, 0.25) is 0 Å². The first-order valence-corrected chi connectivity index (χ1v) is 7.41. The van der Waals surface area contributed by atoms with E-state index in [4.69, 9.17) is 0 Å². The van der Waals surface area contributed by atoms with E-state index in [0.29, 0.717) is 4.75 Å². The van der Waals surface area contributed by atoms with Crippen molar-refractivity contribution in [1.82, 2.24) is 0 Å². The maximum absolute atomic E-state index is 10.6. The first-order chi connectivity index (χ1) is 8.65. The molecule has 0 unspecified atom stereocenters. The van der Waals surface area contributed by atoms with Crippen LogP contribution in [0.4, 0.5) is 11.4 Å². The van der Waals surface area contributed by atoms with Gasteiger partial charge < -0.3 is 5.32 Å². The number of hydrogen-bond donors (Lipinski definition) is 1. The summed E-state index contributed by atoms with van der Waals surface area (Å²) >= 11 is 1.94. The highest BCUT2D eigenvalue weighted by Crippen LogP contribution is 2.40. The number of benzene rings is 1. The Hall–Kier alpha value is -1.23. The second-order valence-corrected chi connectivity index (χ2v) is 6.03. The summed E-state index contributed by atoms with van der Waals surface area (Å²) in [6, 6.07) is 6.65. The van der Waals surface area contributed by atoms with Gasteiger partial charge in [0.1, 0.15) is 0 Å². The van der Waals surface area contributed by atoms with Crippen molar-refractivity contribution in [2.45, 2.75) is 30.4 Å². The van der Waals surface area contributed by atoms with Crippen LogP contribution in [0.2, 0.25) is 0 Å². The summed E-state index contributed by atoms with van der Waals surface area (Å²) in [5, 5.41) is 14.0. The van der Waals surface area contributed by atoms with Crippen LogP contribution < -0.4 is 5.32 Å². The zero-order valence-corrected chi connectivity index (χ0v) is 11.3. The van der Waals surface area contributed by atoms with E-state index in [1.807, 2.05) is 11.8 Å². The molecular weight excluding hydrogens is 248 g/mol. The minimum absolute atomic E-state index is 0.140. The van der Waals surface area contributed by atoms with E-state index < -0.39 is 0 Å². The summed E-state index contributed by atoms with van der Waals surface area (Å²) in [6.07, 6.45) is 7.30. The lowest BCUT2D eigenvalue weighted by atomic mass is 10.1.